The first-order valence-corrected chi connectivity index (χ1v) is 4.21. The van der Waals surface area contributed by atoms with Gasteiger partial charge in [0.15, 0.2) is 0 Å². The van der Waals surface area contributed by atoms with Gasteiger partial charge >= 0.3 is 5.97 Å². The third-order valence-electron chi connectivity index (χ3n) is 1.73. The molecule has 0 atom stereocenters. The number of likely N-dealkylation sites (N-methyl/N-ethyl adjacent to an activating group) is 1. The Morgan fingerprint density at radius 2 is 2.50 bits per heavy atom. The van der Waals surface area contributed by atoms with E-state index in [2.05, 4.69) is 4.98 Å². The number of carboxylic acids is 1. The highest BCUT2D eigenvalue weighted by Crippen LogP contribution is 2.08. The smallest absolute Gasteiger partial charge is 0.328 e. The molecule has 0 saturated heterocycles. The van der Waals surface area contributed by atoms with Crippen LogP contribution in [-0.2, 0) is 4.79 Å². The fourth-order valence-corrected chi connectivity index (χ4v) is 0.997. The Hall–Kier alpha value is -1.84. The van der Waals surface area contributed by atoms with Crippen molar-refractivity contribution in [3.8, 4) is 0 Å². The molecular weight excluding hydrogens is 180 g/mol. The molecule has 0 radical (unpaired) electrons. The van der Waals surface area contributed by atoms with Gasteiger partial charge in [0.2, 0.25) is 0 Å². The summed E-state index contributed by atoms with van der Waals surface area (Å²) in [6.45, 7) is 0.554. The van der Waals surface area contributed by atoms with E-state index >= 15 is 0 Å². The lowest BCUT2D eigenvalue weighted by atomic mass is 10.3. The summed E-state index contributed by atoms with van der Waals surface area (Å²) in [4.78, 5) is 16.1. The molecule has 0 aromatic carbocycles. The summed E-state index contributed by atoms with van der Waals surface area (Å²) in [6.07, 6.45) is 6.15. The fourth-order valence-electron chi connectivity index (χ4n) is 0.997. The van der Waals surface area contributed by atoms with E-state index in [-0.39, 0.29) is 0 Å². The van der Waals surface area contributed by atoms with Crippen molar-refractivity contribution in [2.75, 3.05) is 18.5 Å². The van der Waals surface area contributed by atoms with Crippen molar-refractivity contribution in [2.24, 2.45) is 0 Å². The molecule has 4 heteroatoms. The molecule has 4 nitrogen and oxygen atoms in total. The predicted molar refractivity (Wildman–Crippen MR) is 54.3 cm³/mol. The van der Waals surface area contributed by atoms with Crippen LogP contribution in [0.15, 0.2) is 36.7 Å². The van der Waals surface area contributed by atoms with Crippen LogP contribution in [0.5, 0.6) is 0 Å². The second-order valence-electron chi connectivity index (χ2n) is 2.83. The van der Waals surface area contributed by atoms with E-state index in [1.54, 1.807) is 18.5 Å². The van der Waals surface area contributed by atoms with Gasteiger partial charge in [0.05, 0.1) is 11.9 Å². The number of aliphatic carboxylic acids is 1. The molecule has 1 heterocycles. The molecule has 0 amide bonds. The molecule has 0 saturated carbocycles. The highest BCUT2D eigenvalue weighted by Gasteiger charge is 1.96. The zero-order valence-corrected chi connectivity index (χ0v) is 7.92. The summed E-state index contributed by atoms with van der Waals surface area (Å²) in [5, 5.41) is 8.38. The molecule has 0 unspecified atom stereocenters. The van der Waals surface area contributed by atoms with Crippen molar-refractivity contribution >= 4 is 11.7 Å². The first-order valence-electron chi connectivity index (χ1n) is 4.21. The van der Waals surface area contributed by atoms with Gasteiger partial charge in [-0.25, -0.2) is 4.79 Å². The largest absolute Gasteiger partial charge is 0.478 e. The van der Waals surface area contributed by atoms with Gasteiger partial charge in [-0.2, -0.15) is 0 Å². The van der Waals surface area contributed by atoms with Crippen molar-refractivity contribution in [1.29, 1.82) is 0 Å². The summed E-state index contributed by atoms with van der Waals surface area (Å²) in [5.74, 6) is -0.926. The molecule has 0 aliphatic rings. The van der Waals surface area contributed by atoms with Gasteiger partial charge in [0.1, 0.15) is 0 Å². The van der Waals surface area contributed by atoms with Gasteiger partial charge < -0.3 is 10.0 Å². The number of aromatic nitrogens is 1. The van der Waals surface area contributed by atoms with Crippen LogP contribution >= 0.6 is 0 Å². The van der Waals surface area contributed by atoms with Crippen molar-refractivity contribution in [3.05, 3.63) is 36.7 Å². The van der Waals surface area contributed by atoms with E-state index in [0.29, 0.717) is 6.54 Å². The van der Waals surface area contributed by atoms with E-state index < -0.39 is 5.97 Å². The monoisotopic (exact) mass is 192 g/mol. The van der Waals surface area contributed by atoms with Gasteiger partial charge in [-0.05, 0) is 12.1 Å². The lowest BCUT2D eigenvalue weighted by Crippen LogP contribution is -2.16. The highest BCUT2D eigenvalue weighted by atomic mass is 16.4. The zero-order valence-electron chi connectivity index (χ0n) is 7.92. The van der Waals surface area contributed by atoms with Crippen LogP contribution < -0.4 is 4.90 Å². The van der Waals surface area contributed by atoms with E-state index in [1.165, 1.54) is 0 Å². The van der Waals surface area contributed by atoms with Crippen LogP contribution in [0.2, 0.25) is 0 Å². The summed E-state index contributed by atoms with van der Waals surface area (Å²) in [6, 6.07) is 3.76. The number of rotatable bonds is 4. The predicted octanol–water partition coefficient (Wildman–Crippen LogP) is 1.16. The summed E-state index contributed by atoms with van der Waals surface area (Å²) in [7, 11) is 1.88. The molecule has 1 aromatic heterocycles. The van der Waals surface area contributed by atoms with E-state index in [1.807, 2.05) is 24.1 Å². The van der Waals surface area contributed by atoms with Crippen molar-refractivity contribution < 1.29 is 9.90 Å². The van der Waals surface area contributed by atoms with Crippen LogP contribution in [0.1, 0.15) is 0 Å². The van der Waals surface area contributed by atoms with Gasteiger partial charge in [0, 0.05) is 25.9 Å². The molecule has 1 rings (SSSR count). The maximum absolute atomic E-state index is 10.2. The number of carboxylic acid groups (broad SMARTS) is 1. The Morgan fingerprint density at radius 3 is 3.07 bits per heavy atom. The van der Waals surface area contributed by atoms with Crippen LogP contribution in [-0.4, -0.2) is 29.7 Å². The van der Waals surface area contributed by atoms with Crippen molar-refractivity contribution in [2.45, 2.75) is 0 Å². The van der Waals surface area contributed by atoms with Crippen LogP contribution in [0.25, 0.3) is 0 Å². The molecule has 1 aromatic rings. The fraction of sp³-hybridized carbons (Fsp3) is 0.200. The number of nitrogens with zero attached hydrogens (tertiary/aromatic N) is 2. The lowest BCUT2D eigenvalue weighted by Gasteiger charge is -2.15. The number of pyridine rings is 1. The first kappa shape index (κ1) is 10.2. The standard InChI is InChI=1S/C10H12N2O2/c1-12(7-3-5-10(13)14)9-4-2-6-11-8-9/h2-6,8H,7H2,1H3,(H,13,14)/b5-3+. The number of anilines is 1. The molecule has 74 valence electrons. The number of hydrogen-bond acceptors (Lipinski definition) is 3. The van der Waals surface area contributed by atoms with Crippen LogP contribution in [0, 0.1) is 0 Å². The molecule has 0 aliphatic carbocycles. The second-order valence-corrected chi connectivity index (χ2v) is 2.83. The van der Waals surface area contributed by atoms with Crippen molar-refractivity contribution in [1.82, 2.24) is 4.98 Å². The average Bonchev–Trinajstić information content (AvgIpc) is 2.18. The molecule has 0 spiro atoms. The highest BCUT2D eigenvalue weighted by molar-refractivity contribution is 5.79. The topological polar surface area (TPSA) is 53.4 Å². The molecule has 0 aliphatic heterocycles. The Balaban J connectivity index is 2.51. The normalized spacial score (nSPS) is 10.4. The zero-order chi connectivity index (χ0) is 10.4. The van der Waals surface area contributed by atoms with Gasteiger partial charge in [-0.1, -0.05) is 6.08 Å². The van der Waals surface area contributed by atoms with Gasteiger partial charge in [-0.3, -0.25) is 4.98 Å². The Kier molecular flexibility index (Phi) is 3.67. The molecule has 0 bridgehead atoms. The quantitative estimate of drug-likeness (QED) is 0.727. The molecule has 1 N–H and O–H groups in total. The van der Waals surface area contributed by atoms with Gasteiger partial charge in [-0.15, -0.1) is 0 Å². The van der Waals surface area contributed by atoms with Crippen LogP contribution in [0.4, 0.5) is 5.69 Å². The summed E-state index contributed by atoms with van der Waals surface area (Å²) >= 11 is 0. The van der Waals surface area contributed by atoms with E-state index in [9.17, 15) is 4.79 Å². The molecular formula is C10H12N2O2. The maximum Gasteiger partial charge on any atom is 0.328 e. The minimum Gasteiger partial charge on any atom is -0.478 e. The summed E-state index contributed by atoms with van der Waals surface area (Å²) in [5.41, 5.74) is 0.961. The van der Waals surface area contributed by atoms with E-state index in [0.717, 1.165) is 11.8 Å². The molecule has 14 heavy (non-hydrogen) atoms. The van der Waals surface area contributed by atoms with Gasteiger partial charge in [0.25, 0.3) is 0 Å². The minimum atomic E-state index is -0.926. The number of hydrogen-bond donors (Lipinski definition) is 1. The third-order valence-corrected chi connectivity index (χ3v) is 1.73. The van der Waals surface area contributed by atoms with E-state index in [4.69, 9.17) is 5.11 Å². The lowest BCUT2D eigenvalue weighted by molar-refractivity contribution is -0.131. The summed E-state index contributed by atoms with van der Waals surface area (Å²) < 4.78 is 0. The average molecular weight is 192 g/mol. The minimum absolute atomic E-state index is 0.554. The Bertz CT molecular complexity index is 322. The second kappa shape index (κ2) is 5.01. The van der Waals surface area contributed by atoms with Crippen LogP contribution in [0.3, 0.4) is 0 Å². The maximum atomic E-state index is 10.2. The van der Waals surface area contributed by atoms with Crippen molar-refractivity contribution in [3.63, 3.8) is 0 Å². The molecule has 0 fully saturated rings. The first-order chi connectivity index (χ1) is 6.70. The number of carbonyl (C=O) groups is 1. The third kappa shape index (κ3) is 3.26. The Morgan fingerprint density at radius 1 is 1.71 bits per heavy atom. The SMILES string of the molecule is CN(C/C=C/C(=O)O)c1cccnc1. The Labute approximate surface area is 82.5 Å².